The zero-order chi connectivity index (χ0) is 15.4. The van der Waals surface area contributed by atoms with Crippen LogP contribution in [-0.4, -0.2) is 11.8 Å². The molecular weight excluding hydrogens is 264 g/mol. The third-order valence-corrected chi connectivity index (χ3v) is 3.59. The number of aryl methyl sites for hydroxylation is 4. The second kappa shape index (κ2) is 6.45. The van der Waals surface area contributed by atoms with Gasteiger partial charge in [-0.1, -0.05) is 22.9 Å². The molecule has 0 spiro atoms. The first-order valence-corrected chi connectivity index (χ1v) is 7.05. The molecule has 4 nitrogen and oxygen atoms in total. The molecule has 1 heterocycles. The van der Waals surface area contributed by atoms with Gasteiger partial charge in [-0.25, -0.2) is 0 Å². The van der Waals surface area contributed by atoms with Crippen LogP contribution in [0.3, 0.4) is 0 Å². The van der Waals surface area contributed by atoms with E-state index < -0.39 is 0 Å². The average molecular weight is 284 g/mol. The lowest BCUT2D eigenvalue weighted by Gasteiger charge is -2.12. The highest BCUT2D eigenvalue weighted by atomic mass is 16.5. The van der Waals surface area contributed by atoms with Crippen molar-refractivity contribution in [2.45, 2.75) is 40.0 Å². The van der Waals surface area contributed by atoms with Crippen molar-refractivity contribution in [1.82, 2.24) is 5.16 Å². The van der Waals surface area contributed by atoms with Gasteiger partial charge in [-0.15, -0.1) is 0 Å². The highest BCUT2D eigenvalue weighted by molar-refractivity contribution is 5.35. The molecule has 4 heteroatoms. The lowest BCUT2D eigenvalue weighted by molar-refractivity contribution is 0.303. The highest BCUT2D eigenvalue weighted by Crippen LogP contribution is 2.26. The summed E-state index contributed by atoms with van der Waals surface area (Å²) in [6, 6.07) is 8.41. The molecule has 1 atom stereocenters. The van der Waals surface area contributed by atoms with E-state index in [2.05, 4.69) is 24.2 Å². The van der Waals surface area contributed by atoms with Crippen LogP contribution in [0.15, 0.2) is 22.7 Å². The third kappa shape index (κ3) is 3.43. The van der Waals surface area contributed by atoms with Gasteiger partial charge in [-0.3, -0.25) is 0 Å². The summed E-state index contributed by atoms with van der Waals surface area (Å²) in [6.07, 6.45) is 0.618. The summed E-state index contributed by atoms with van der Waals surface area (Å²) in [7, 11) is 0. The van der Waals surface area contributed by atoms with Gasteiger partial charge in [0.25, 0.3) is 0 Å². The van der Waals surface area contributed by atoms with Crippen molar-refractivity contribution in [1.29, 1.82) is 5.26 Å². The van der Waals surface area contributed by atoms with Gasteiger partial charge >= 0.3 is 0 Å². The quantitative estimate of drug-likeness (QED) is 0.833. The predicted molar refractivity (Wildman–Crippen MR) is 80.4 cm³/mol. The maximum absolute atomic E-state index is 9.36. The predicted octanol–water partition coefficient (Wildman–Crippen LogP) is 3.98. The molecule has 0 aliphatic carbocycles. The summed E-state index contributed by atoms with van der Waals surface area (Å²) in [5.74, 6) is 1.34. The van der Waals surface area contributed by atoms with Crippen molar-refractivity contribution >= 4 is 0 Å². The largest absolute Gasteiger partial charge is 0.493 e. The van der Waals surface area contributed by atoms with Crippen LogP contribution in [0.25, 0.3) is 0 Å². The van der Waals surface area contributed by atoms with Crippen molar-refractivity contribution < 1.29 is 9.26 Å². The van der Waals surface area contributed by atoms with Crippen LogP contribution in [0.1, 0.15) is 40.5 Å². The van der Waals surface area contributed by atoms with Gasteiger partial charge < -0.3 is 9.26 Å². The second-order valence-corrected chi connectivity index (χ2v) is 5.33. The molecule has 0 N–H and O–H groups in total. The smallest absolute Gasteiger partial charge is 0.138 e. The molecule has 0 bridgehead atoms. The van der Waals surface area contributed by atoms with Crippen molar-refractivity contribution in [3.05, 3.63) is 46.3 Å². The molecule has 21 heavy (non-hydrogen) atoms. The normalized spacial score (nSPS) is 12.0. The number of nitriles is 1. The summed E-state index contributed by atoms with van der Waals surface area (Å²) >= 11 is 0. The fourth-order valence-corrected chi connectivity index (χ4v) is 2.51. The standard InChI is InChI=1S/C17H20N2O2/c1-11-5-6-16(12(2)9-11)20-8-7-15(10-18)17-13(3)19-21-14(17)4/h5-6,9,15H,7-8H2,1-4H3. The summed E-state index contributed by atoms with van der Waals surface area (Å²) in [5, 5.41) is 13.3. The molecule has 2 rings (SSSR count). The van der Waals surface area contributed by atoms with Crippen molar-refractivity contribution in [2.75, 3.05) is 6.61 Å². The van der Waals surface area contributed by atoms with E-state index in [4.69, 9.17) is 9.26 Å². The Kier molecular flexibility index (Phi) is 4.64. The Morgan fingerprint density at radius 1 is 1.29 bits per heavy atom. The molecule has 0 amide bonds. The number of hydrogen-bond donors (Lipinski definition) is 0. The van der Waals surface area contributed by atoms with E-state index in [1.54, 1.807) is 0 Å². The Morgan fingerprint density at radius 2 is 2.05 bits per heavy atom. The zero-order valence-electron chi connectivity index (χ0n) is 12.9. The molecule has 0 fully saturated rings. The molecule has 1 unspecified atom stereocenters. The topological polar surface area (TPSA) is 59.0 Å². The summed E-state index contributed by atoms with van der Waals surface area (Å²) < 4.78 is 10.9. The molecule has 2 aromatic rings. The van der Waals surface area contributed by atoms with E-state index >= 15 is 0 Å². The molecule has 0 aliphatic heterocycles. The van der Waals surface area contributed by atoms with E-state index in [1.807, 2.05) is 32.9 Å². The zero-order valence-corrected chi connectivity index (χ0v) is 12.9. The maximum Gasteiger partial charge on any atom is 0.138 e. The van der Waals surface area contributed by atoms with Crippen molar-refractivity contribution in [3.63, 3.8) is 0 Å². The first kappa shape index (κ1) is 15.1. The molecule has 1 aromatic carbocycles. The van der Waals surface area contributed by atoms with Crippen LogP contribution in [0.2, 0.25) is 0 Å². The van der Waals surface area contributed by atoms with E-state index in [-0.39, 0.29) is 5.92 Å². The van der Waals surface area contributed by atoms with Crippen LogP contribution >= 0.6 is 0 Å². The molecule has 110 valence electrons. The number of benzene rings is 1. The first-order valence-electron chi connectivity index (χ1n) is 7.05. The summed E-state index contributed by atoms with van der Waals surface area (Å²) in [4.78, 5) is 0. The van der Waals surface area contributed by atoms with Gasteiger partial charge in [0.2, 0.25) is 0 Å². The average Bonchev–Trinajstić information content (AvgIpc) is 2.77. The van der Waals surface area contributed by atoms with Gasteiger partial charge in [0, 0.05) is 12.0 Å². The minimum atomic E-state index is -0.248. The number of ether oxygens (including phenoxy) is 1. The molecular formula is C17H20N2O2. The van der Waals surface area contributed by atoms with Crippen molar-refractivity contribution in [2.24, 2.45) is 0 Å². The van der Waals surface area contributed by atoms with Gasteiger partial charge in [0.15, 0.2) is 0 Å². The summed E-state index contributed by atoms with van der Waals surface area (Å²) in [5.41, 5.74) is 4.00. The first-order chi connectivity index (χ1) is 10.0. The van der Waals surface area contributed by atoms with Crippen LogP contribution in [0.5, 0.6) is 5.75 Å². The highest BCUT2D eigenvalue weighted by Gasteiger charge is 2.20. The van der Waals surface area contributed by atoms with Gasteiger partial charge in [0.05, 0.1) is 24.3 Å². The second-order valence-electron chi connectivity index (χ2n) is 5.33. The SMILES string of the molecule is Cc1ccc(OCCC(C#N)c2c(C)noc2C)c(C)c1. The van der Waals surface area contributed by atoms with Crippen LogP contribution in [-0.2, 0) is 0 Å². The van der Waals surface area contributed by atoms with Crippen LogP contribution < -0.4 is 4.74 Å². The molecule has 0 saturated carbocycles. The Balaban J connectivity index is 2.00. The molecule has 0 aliphatic rings. The van der Waals surface area contributed by atoms with E-state index in [9.17, 15) is 5.26 Å². The fourth-order valence-electron chi connectivity index (χ4n) is 2.51. The Hall–Kier alpha value is -2.28. The van der Waals surface area contributed by atoms with Crippen LogP contribution in [0.4, 0.5) is 0 Å². The lowest BCUT2D eigenvalue weighted by Crippen LogP contribution is -2.06. The molecule has 0 radical (unpaired) electrons. The van der Waals surface area contributed by atoms with E-state index in [1.165, 1.54) is 5.56 Å². The Bertz CT molecular complexity index is 648. The number of hydrogen-bond acceptors (Lipinski definition) is 4. The number of rotatable bonds is 5. The molecule has 0 saturated heterocycles. The Labute approximate surface area is 125 Å². The fraction of sp³-hybridized carbons (Fsp3) is 0.412. The van der Waals surface area contributed by atoms with E-state index in [0.29, 0.717) is 18.8 Å². The maximum atomic E-state index is 9.36. The lowest BCUT2D eigenvalue weighted by atomic mass is 9.96. The van der Waals surface area contributed by atoms with Gasteiger partial charge in [-0.05, 0) is 39.3 Å². The van der Waals surface area contributed by atoms with Crippen molar-refractivity contribution in [3.8, 4) is 11.8 Å². The molecule has 1 aromatic heterocycles. The Morgan fingerprint density at radius 3 is 2.62 bits per heavy atom. The minimum absolute atomic E-state index is 0.248. The van der Waals surface area contributed by atoms with Gasteiger partial charge in [-0.2, -0.15) is 5.26 Å². The van der Waals surface area contributed by atoms with E-state index in [0.717, 1.165) is 22.6 Å². The van der Waals surface area contributed by atoms with Crippen LogP contribution in [0, 0.1) is 39.0 Å². The third-order valence-electron chi connectivity index (χ3n) is 3.59. The summed E-state index contributed by atoms with van der Waals surface area (Å²) in [6.45, 7) is 8.27. The number of nitrogens with zero attached hydrogens (tertiary/aromatic N) is 2. The van der Waals surface area contributed by atoms with Gasteiger partial charge in [0.1, 0.15) is 11.5 Å². The monoisotopic (exact) mass is 284 g/mol. The number of aromatic nitrogens is 1. The minimum Gasteiger partial charge on any atom is -0.493 e.